The summed E-state index contributed by atoms with van der Waals surface area (Å²) in [5.74, 6) is -3.03. The second kappa shape index (κ2) is 18.8. The van der Waals surface area contributed by atoms with Crippen molar-refractivity contribution < 1.29 is 32.6 Å². The van der Waals surface area contributed by atoms with Crippen molar-refractivity contribution in [2.24, 2.45) is 15.2 Å². The van der Waals surface area contributed by atoms with E-state index in [9.17, 15) is 27.9 Å². The summed E-state index contributed by atoms with van der Waals surface area (Å²) in [6.07, 6.45) is 10.8. The Labute approximate surface area is 292 Å². The number of urea groups is 1. The molecule has 0 radical (unpaired) electrons. The Balaban J connectivity index is 0.000000661. The van der Waals surface area contributed by atoms with Crippen molar-refractivity contribution in [2.45, 2.75) is 65.0 Å². The maximum absolute atomic E-state index is 14.3. The van der Waals surface area contributed by atoms with Crippen LogP contribution in [0.5, 0.6) is 5.75 Å². The zero-order chi connectivity index (χ0) is 36.8. The number of azo groups is 1. The lowest BCUT2D eigenvalue weighted by Crippen LogP contribution is -2.51. The Hall–Kier alpha value is -4.84. The van der Waals surface area contributed by atoms with E-state index in [1.807, 2.05) is 0 Å². The van der Waals surface area contributed by atoms with Crippen LogP contribution in [0.4, 0.5) is 18.0 Å². The Bertz CT molecular complexity index is 1640. The van der Waals surface area contributed by atoms with E-state index in [0.29, 0.717) is 35.4 Å². The number of nitrogens with zero attached hydrogens (tertiary/aromatic N) is 5. The normalized spacial score (nSPS) is 18.6. The standard InChI is InChI=1S/C32H36F3N3O3.C6H10N2O/c1-4-10-23(11-9-20-39)29-28(22-12-15-25(33)16-13-22)36-30(38(29)31(40)37-18-7-6-8-19-37)26-17-14-24(32(3,34)35)21-27(26)41-5-2;1-5(6(2)9)4-8-7-3/h4,9-17,21,28-29,39H,1,5-8,18-20H2,2-3H3;4H,1-3H3/b11-9-,23-10+;5-4+,8-7?. The maximum Gasteiger partial charge on any atom is 0.326 e. The molecule has 12 heteroatoms. The number of allylic oxidation sites excluding steroid dienone is 3. The first-order valence-corrected chi connectivity index (χ1v) is 16.5. The quantitative estimate of drug-likeness (QED) is 0.145. The van der Waals surface area contributed by atoms with Crippen molar-refractivity contribution >= 4 is 17.6 Å². The number of benzene rings is 2. The number of hydrogen-bond donors (Lipinski definition) is 1. The SMILES string of the molecule is C=C/C=C(\C=C/CO)C1C(c2ccc(F)cc2)N=C(c2ccc(C(C)(F)F)cc2OCC)N1C(=O)N1CCCCC1.CN=N/C=C(\C)C(C)=O. The lowest BCUT2D eigenvalue weighted by molar-refractivity contribution is -0.113. The summed E-state index contributed by atoms with van der Waals surface area (Å²) in [7, 11) is 1.56. The summed E-state index contributed by atoms with van der Waals surface area (Å²) in [6, 6.07) is 8.37. The third-order valence-corrected chi connectivity index (χ3v) is 8.13. The summed E-state index contributed by atoms with van der Waals surface area (Å²) in [4.78, 5) is 33.2. The summed E-state index contributed by atoms with van der Waals surface area (Å²) < 4.78 is 48.3. The van der Waals surface area contributed by atoms with Gasteiger partial charge in [-0.25, -0.2) is 18.0 Å². The van der Waals surface area contributed by atoms with Gasteiger partial charge in [-0.3, -0.25) is 14.7 Å². The first kappa shape index (κ1) is 39.6. The second-order valence-corrected chi connectivity index (χ2v) is 11.8. The number of likely N-dealkylation sites (tertiary alicyclic amines) is 1. The van der Waals surface area contributed by atoms with E-state index in [4.69, 9.17) is 9.73 Å². The number of carbonyl (C=O) groups excluding carboxylic acids is 2. The predicted molar refractivity (Wildman–Crippen MR) is 189 cm³/mol. The Kier molecular flexibility index (Phi) is 14.9. The third kappa shape index (κ3) is 10.3. The van der Waals surface area contributed by atoms with Crippen molar-refractivity contribution in [2.75, 3.05) is 33.4 Å². The van der Waals surface area contributed by atoms with Crippen LogP contribution in [0.3, 0.4) is 0 Å². The van der Waals surface area contributed by atoms with Gasteiger partial charge in [0.1, 0.15) is 23.4 Å². The summed E-state index contributed by atoms with van der Waals surface area (Å²) in [5, 5.41) is 16.5. The molecule has 0 bridgehead atoms. The van der Waals surface area contributed by atoms with Crippen LogP contribution in [-0.4, -0.2) is 71.9 Å². The van der Waals surface area contributed by atoms with Gasteiger partial charge in [0, 0.05) is 38.2 Å². The van der Waals surface area contributed by atoms with Gasteiger partial charge >= 0.3 is 6.03 Å². The number of aliphatic imine (C=N–C) groups is 1. The molecule has 2 atom stereocenters. The molecule has 2 aromatic carbocycles. The van der Waals surface area contributed by atoms with E-state index in [1.165, 1.54) is 43.5 Å². The number of piperidine rings is 1. The van der Waals surface area contributed by atoms with Gasteiger partial charge in [-0.2, -0.15) is 10.2 Å². The zero-order valence-corrected chi connectivity index (χ0v) is 29.3. The molecule has 2 aliphatic heterocycles. The van der Waals surface area contributed by atoms with Crippen LogP contribution >= 0.6 is 0 Å². The van der Waals surface area contributed by atoms with Crippen LogP contribution in [0.15, 0.2) is 106 Å². The molecule has 1 N–H and O–H groups in total. The second-order valence-electron chi connectivity index (χ2n) is 11.8. The molecular weight excluding hydrogens is 647 g/mol. The molecule has 0 aliphatic carbocycles. The van der Waals surface area contributed by atoms with Crippen LogP contribution < -0.4 is 4.74 Å². The summed E-state index contributed by atoms with van der Waals surface area (Å²) in [6.45, 7) is 10.7. The number of ketones is 1. The number of carbonyl (C=O) groups is 2. The number of amidine groups is 1. The number of halogens is 3. The molecule has 2 aromatic rings. The average Bonchev–Trinajstić information content (AvgIpc) is 3.49. The zero-order valence-electron chi connectivity index (χ0n) is 29.3. The summed E-state index contributed by atoms with van der Waals surface area (Å²) >= 11 is 0. The molecule has 0 saturated carbocycles. The molecule has 2 heterocycles. The molecule has 1 fully saturated rings. The Morgan fingerprint density at radius 1 is 1.12 bits per heavy atom. The highest BCUT2D eigenvalue weighted by atomic mass is 19.3. The molecule has 50 heavy (non-hydrogen) atoms. The fourth-order valence-corrected chi connectivity index (χ4v) is 5.50. The fraction of sp³-hybridized carbons (Fsp3) is 0.395. The predicted octanol–water partition coefficient (Wildman–Crippen LogP) is 8.34. The van der Waals surface area contributed by atoms with Gasteiger partial charge in [0.05, 0.1) is 31.0 Å². The van der Waals surface area contributed by atoms with Crippen LogP contribution in [0.1, 0.15) is 69.7 Å². The number of amides is 2. The number of aliphatic hydroxyl groups excluding tert-OH is 1. The van der Waals surface area contributed by atoms with Gasteiger partial charge in [0.25, 0.3) is 5.92 Å². The molecule has 9 nitrogen and oxygen atoms in total. The van der Waals surface area contributed by atoms with E-state index in [2.05, 4.69) is 16.8 Å². The smallest absolute Gasteiger partial charge is 0.326 e. The molecule has 2 unspecified atom stereocenters. The van der Waals surface area contributed by atoms with Crippen molar-refractivity contribution in [3.8, 4) is 5.75 Å². The number of ether oxygens (including phenoxy) is 1. The van der Waals surface area contributed by atoms with Crippen LogP contribution in [0, 0.1) is 5.82 Å². The molecule has 268 valence electrons. The van der Waals surface area contributed by atoms with E-state index in [-0.39, 0.29) is 42.2 Å². The molecule has 4 rings (SSSR count). The highest BCUT2D eigenvalue weighted by Crippen LogP contribution is 2.41. The van der Waals surface area contributed by atoms with Crippen molar-refractivity contribution in [3.05, 3.63) is 113 Å². The van der Waals surface area contributed by atoms with E-state index in [0.717, 1.165) is 26.2 Å². The average molecular weight is 694 g/mol. The minimum absolute atomic E-state index is 0.0300. The van der Waals surface area contributed by atoms with Crippen LogP contribution in [0.25, 0.3) is 0 Å². The molecule has 0 aromatic heterocycles. The Morgan fingerprint density at radius 3 is 2.36 bits per heavy atom. The monoisotopic (exact) mass is 693 g/mol. The van der Waals surface area contributed by atoms with Crippen LogP contribution in [-0.2, 0) is 10.7 Å². The van der Waals surface area contributed by atoms with Crippen LogP contribution in [0.2, 0.25) is 0 Å². The highest BCUT2D eigenvalue weighted by Gasteiger charge is 2.45. The fourth-order valence-electron chi connectivity index (χ4n) is 5.50. The maximum atomic E-state index is 14.3. The van der Waals surface area contributed by atoms with Crippen molar-refractivity contribution in [1.82, 2.24) is 9.80 Å². The molecule has 0 spiro atoms. The topological polar surface area (TPSA) is 107 Å². The Morgan fingerprint density at radius 2 is 1.80 bits per heavy atom. The molecular formula is C38H46F3N5O4. The third-order valence-electron chi connectivity index (χ3n) is 8.13. The molecule has 1 saturated heterocycles. The number of alkyl halides is 2. The largest absolute Gasteiger partial charge is 0.493 e. The number of Topliss-reactive ketones (excluding diaryl/α,β-unsaturated/α-hetero) is 1. The number of hydrogen-bond acceptors (Lipinski definition) is 7. The summed E-state index contributed by atoms with van der Waals surface area (Å²) in [5.41, 5.74) is 2.10. The van der Waals surface area contributed by atoms with Gasteiger partial charge in [0.2, 0.25) is 0 Å². The van der Waals surface area contributed by atoms with Gasteiger partial charge in [0.15, 0.2) is 5.78 Å². The van der Waals surface area contributed by atoms with E-state index < -0.39 is 23.8 Å². The molecule has 2 amide bonds. The van der Waals surface area contributed by atoms with Gasteiger partial charge in [-0.15, -0.1) is 0 Å². The number of aliphatic hydroxyl groups is 1. The number of rotatable bonds is 11. The van der Waals surface area contributed by atoms with Gasteiger partial charge in [-0.1, -0.05) is 49.1 Å². The van der Waals surface area contributed by atoms with E-state index in [1.54, 1.807) is 67.1 Å². The lowest BCUT2D eigenvalue weighted by atomic mass is 9.92. The first-order valence-electron chi connectivity index (χ1n) is 16.5. The lowest BCUT2D eigenvalue weighted by Gasteiger charge is -2.36. The first-order chi connectivity index (χ1) is 23.9. The highest BCUT2D eigenvalue weighted by molar-refractivity contribution is 6.11. The van der Waals surface area contributed by atoms with Crippen molar-refractivity contribution in [3.63, 3.8) is 0 Å². The van der Waals surface area contributed by atoms with Crippen molar-refractivity contribution in [1.29, 1.82) is 0 Å². The van der Waals surface area contributed by atoms with E-state index >= 15 is 0 Å². The minimum Gasteiger partial charge on any atom is -0.493 e. The van der Waals surface area contributed by atoms with Gasteiger partial charge < -0.3 is 14.7 Å². The minimum atomic E-state index is -3.10. The van der Waals surface area contributed by atoms with Gasteiger partial charge in [-0.05, 0) is 75.4 Å². The molecule has 2 aliphatic rings.